The first kappa shape index (κ1) is 14.4. The van der Waals surface area contributed by atoms with Crippen molar-refractivity contribution in [2.75, 3.05) is 19.8 Å². The van der Waals surface area contributed by atoms with Gasteiger partial charge in [0.2, 0.25) is 11.7 Å². The zero-order chi connectivity index (χ0) is 13.9. The third kappa shape index (κ3) is 2.96. The van der Waals surface area contributed by atoms with Crippen LogP contribution in [0.3, 0.4) is 0 Å². The van der Waals surface area contributed by atoms with Gasteiger partial charge >= 0.3 is 0 Å². The van der Waals surface area contributed by atoms with Crippen LogP contribution in [0.4, 0.5) is 0 Å². The first-order chi connectivity index (χ1) is 9.09. The predicted molar refractivity (Wildman–Crippen MR) is 67.8 cm³/mol. The monoisotopic (exact) mass is 270 g/mol. The predicted octanol–water partition coefficient (Wildman–Crippen LogP) is 1.60. The molecule has 0 aromatic carbocycles. The lowest BCUT2D eigenvalue weighted by Gasteiger charge is -2.33. The van der Waals surface area contributed by atoms with Crippen LogP contribution in [0.15, 0.2) is 4.52 Å². The van der Waals surface area contributed by atoms with Gasteiger partial charge in [-0.05, 0) is 13.8 Å². The van der Waals surface area contributed by atoms with Crippen LogP contribution in [0.25, 0.3) is 0 Å². The number of hydrogen-bond donors (Lipinski definition) is 1. The molecule has 2 rings (SSSR count). The minimum atomic E-state index is -0.522. The zero-order valence-corrected chi connectivity index (χ0v) is 11.8. The van der Waals surface area contributed by atoms with Crippen molar-refractivity contribution < 1.29 is 19.1 Å². The molecule has 0 saturated carbocycles. The Bertz CT molecular complexity index is 394. The molecule has 2 atom stereocenters. The minimum Gasteiger partial charge on any atom is -0.393 e. The lowest BCUT2D eigenvalue weighted by Crippen LogP contribution is -2.37. The lowest BCUT2D eigenvalue weighted by molar-refractivity contribution is -0.118. The molecule has 1 aromatic rings. The summed E-state index contributed by atoms with van der Waals surface area (Å²) in [6.07, 6.45) is 0.928. The first-order valence-corrected chi connectivity index (χ1v) is 6.83. The van der Waals surface area contributed by atoms with Crippen molar-refractivity contribution in [1.82, 2.24) is 10.1 Å². The van der Waals surface area contributed by atoms with E-state index in [0.29, 0.717) is 31.5 Å². The Morgan fingerprint density at radius 1 is 1.37 bits per heavy atom. The molecule has 2 heterocycles. The number of ether oxygens (including phenoxy) is 2. The van der Waals surface area contributed by atoms with Gasteiger partial charge in [0, 0.05) is 32.7 Å². The standard InChI is InChI=1S/C13H22N2O4/c1-4-18-13(5-7-17-8-6-13)12-14-11(19-15-12)9(2)10(3)16/h9-10,16H,4-8H2,1-3H3. The van der Waals surface area contributed by atoms with Crippen molar-refractivity contribution >= 4 is 0 Å². The first-order valence-electron chi connectivity index (χ1n) is 6.83. The van der Waals surface area contributed by atoms with Crippen molar-refractivity contribution in [2.45, 2.75) is 51.2 Å². The Kier molecular flexibility index (Phi) is 4.54. The number of aliphatic hydroxyl groups is 1. The molecule has 0 amide bonds. The van der Waals surface area contributed by atoms with Gasteiger partial charge in [-0.3, -0.25) is 0 Å². The molecule has 1 saturated heterocycles. The lowest BCUT2D eigenvalue weighted by atomic mass is 9.93. The third-order valence-corrected chi connectivity index (χ3v) is 3.68. The van der Waals surface area contributed by atoms with E-state index < -0.39 is 11.7 Å². The highest BCUT2D eigenvalue weighted by atomic mass is 16.5. The second-order valence-corrected chi connectivity index (χ2v) is 5.03. The summed E-state index contributed by atoms with van der Waals surface area (Å²) < 4.78 is 16.5. The maximum absolute atomic E-state index is 9.58. The van der Waals surface area contributed by atoms with Gasteiger partial charge in [0.15, 0.2) is 0 Å². The summed E-state index contributed by atoms with van der Waals surface area (Å²) in [6, 6.07) is 0. The van der Waals surface area contributed by atoms with Gasteiger partial charge in [0.1, 0.15) is 5.60 Å². The molecule has 1 aliphatic heterocycles. The van der Waals surface area contributed by atoms with E-state index in [0.717, 1.165) is 12.8 Å². The molecule has 6 heteroatoms. The molecule has 0 spiro atoms. The number of aromatic nitrogens is 2. The van der Waals surface area contributed by atoms with E-state index >= 15 is 0 Å². The summed E-state index contributed by atoms with van der Waals surface area (Å²) in [5, 5.41) is 13.6. The van der Waals surface area contributed by atoms with Crippen LogP contribution in [0.5, 0.6) is 0 Å². The molecule has 1 fully saturated rings. The fourth-order valence-electron chi connectivity index (χ4n) is 2.22. The Morgan fingerprint density at radius 3 is 2.63 bits per heavy atom. The van der Waals surface area contributed by atoms with Gasteiger partial charge in [0.05, 0.1) is 12.0 Å². The second kappa shape index (κ2) is 5.98. The van der Waals surface area contributed by atoms with E-state index in [9.17, 15) is 5.11 Å². The van der Waals surface area contributed by atoms with Gasteiger partial charge in [-0.25, -0.2) is 0 Å². The van der Waals surface area contributed by atoms with E-state index in [1.54, 1.807) is 6.92 Å². The fourth-order valence-corrected chi connectivity index (χ4v) is 2.22. The molecular formula is C13H22N2O4. The van der Waals surface area contributed by atoms with Crippen molar-refractivity contribution in [3.8, 4) is 0 Å². The second-order valence-electron chi connectivity index (χ2n) is 5.03. The van der Waals surface area contributed by atoms with Gasteiger partial charge in [-0.15, -0.1) is 0 Å². The Balaban J connectivity index is 2.23. The summed E-state index contributed by atoms with van der Waals surface area (Å²) in [6.45, 7) is 7.39. The van der Waals surface area contributed by atoms with Gasteiger partial charge < -0.3 is 19.1 Å². The van der Waals surface area contributed by atoms with Crippen LogP contribution in [-0.2, 0) is 15.1 Å². The summed E-state index contributed by atoms with van der Waals surface area (Å²) in [7, 11) is 0. The minimum absolute atomic E-state index is 0.181. The number of hydrogen-bond acceptors (Lipinski definition) is 6. The highest BCUT2D eigenvalue weighted by molar-refractivity contribution is 5.05. The topological polar surface area (TPSA) is 77.6 Å². The normalized spacial score (nSPS) is 22.1. The molecule has 6 nitrogen and oxygen atoms in total. The van der Waals surface area contributed by atoms with E-state index in [1.807, 2.05) is 13.8 Å². The Morgan fingerprint density at radius 2 is 2.05 bits per heavy atom. The average Bonchev–Trinajstić information content (AvgIpc) is 2.89. The van der Waals surface area contributed by atoms with Crippen LogP contribution >= 0.6 is 0 Å². The number of nitrogens with zero attached hydrogens (tertiary/aromatic N) is 2. The summed E-state index contributed by atoms with van der Waals surface area (Å²) in [4.78, 5) is 4.43. The molecule has 1 aliphatic rings. The molecule has 1 aromatic heterocycles. The smallest absolute Gasteiger partial charge is 0.232 e. The molecule has 0 bridgehead atoms. The van der Waals surface area contributed by atoms with Crippen molar-refractivity contribution in [1.29, 1.82) is 0 Å². The number of aliphatic hydroxyl groups excluding tert-OH is 1. The highest BCUT2D eigenvalue weighted by Crippen LogP contribution is 2.35. The van der Waals surface area contributed by atoms with Crippen LogP contribution in [0, 0.1) is 0 Å². The zero-order valence-electron chi connectivity index (χ0n) is 11.8. The van der Waals surface area contributed by atoms with E-state index in [2.05, 4.69) is 10.1 Å². The van der Waals surface area contributed by atoms with Crippen LogP contribution < -0.4 is 0 Å². The van der Waals surface area contributed by atoms with E-state index in [-0.39, 0.29) is 5.92 Å². The van der Waals surface area contributed by atoms with E-state index in [1.165, 1.54) is 0 Å². The van der Waals surface area contributed by atoms with Gasteiger partial charge in [-0.2, -0.15) is 4.98 Å². The quantitative estimate of drug-likeness (QED) is 0.875. The van der Waals surface area contributed by atoms with Crippen molar-refractivity contribution in [3.63, 3.8) is 0 Å². The fraction of sp³-hybridized carbons (Fsp3) is 0.846. The molecule has 2 unspecified atom stereocenters. The highest BCUT2D eigenvalue weighted by Gasteiger charge is 2.40. The molecule has 0 aliphatic carbocycles. The van der Waals surface area contributed by atoms with Gasteiger partial charge in [0.25, 0.3) is 0 Å². The molecule has 19 heavy (non-hydrogen) atoms. The molecule has 1 N–H and O–H groups in total. The molecule has 0 radical (unpaired) electrons. The maximum atomic E-state index is 9.58. The molecular weight excluding hydrogens is 248 g/mol. The third-order valence-electron chi connectivity index (χ3n) is 3.68. The summed E-state index contributed by atoms with van der Waals surface area (Å²) in [5.74, 6) is 0.843. The van der Waals surface area contributed by atoms with Crippen molar-refractivity contribution in [2.24, 2.45) is 0 Å². The van der Waals surface area contributed by atoms with Gasteiger partial charge in [-0.1, -0.05) is 12.1 Å². The van der Waals surface area contributed by atoms with Crippen LogP contribution in [0.2, 0.25) is 0 Å². The SMILES string of the molecule is CCOC1(c2noc(C(C)C(C)O)n2)CCOCC1. The van der Waals surface area contributed by atoms with Crippen LogP contribution in [-0.4, -0.2) is 41.2 Å². The van der Waals surface area contributed by atoms with Crippen LogP contribution in [0.1, 0.15) is 51.2 Å². The molecule has 108 valence electrons. The summed E-state index contributed by atoms with van der Waals surface area (Å²) in [5.41, 5.74) is -0.507. The Hall–Kier alpha value is -0.980. The largest absolute Gasteiger partial charge is 0.393 e. The summed E-state index contributed by atoms with van der Waals surface area (Å²) >= 11 is 0. The van der Waals surface area contributed by atoms with Crippen molar-refractivity contribution in [3.05, 3.63) is 11.7 Å². The van der Waals surface area contributed by atoms with E-state index in [4.69, 9.17) is 14.0 Å². The Labute approximate surface area is 113 Å². The number of rotatable bonds is 5. The maximum Gasteiger partial charge on any atom is 0.232 e. The average molecular weight is 270 g/mol.